The molecule has 128 valence electrons. The molecular formula is C17H18F3N3O. The highest BCUT2D eigenvalue weighted by molar-refractivity contribution is 5.90. The lowest BCUT2D eigenvalue weighted by Gasteiger charge is -2.10. The summed E-state index contributed by atoms with van der Waals surface area (Å²) in [5.41, 5.74) is 0.107. The van der Waals surface area contributed by atoms with E-state index >= 15 is 0 Å². The second-order valence-electron chi connectivity index (χ2n) is 5.29. The summed E-state index contributed by atoms with van der Waals surface area (Å²) in [6, 6.07) is 8.11. The van der Waals surface area contributed by atoms with E-state index in [2.05, 4.69) is 15.6 Å². The Kier molecular flexibility index (Phi) is 5.78. The SMILES string of the molecule is CCCCC(=O)Nc1ccc(Nc2cccc(C(F)(F)F)c2)nc1. The number of amides is 1. The fraction of sp³-hybridized carbons (Fsp3) is 0.294. The first-order valence-electron chi connectivity index (χ1n) is 7.58. The van der Waals surface area contributed by atoms with Crippen molar-refractivity contribution in [3.05, 3.63) is 48.2 Å². The number of hydrogen-bond acceptors (Lipinski definition) is 3. The molecule has 1 amide bonds. The van der Waals surface area contributed by atoms with Gasteiger partial charge in [-0.25, -0.2) is 4.98 Å². The Morgan fingerprint density at radius 3 is 2.58 bits per heavy atom. The van der Waals surface area contributed by atoms with Crippen LogP contribution in [0.5, 0.6) is 0 Å². The molecule has 0 fully saturated rings. The van der Waals surface area contributed by atoms with E-state index in [1.807, 2.05) is 6.92 Å². The first-order chi connectivity index (χ1) is 11.4. The van der Waals surface area contributed by atoms with Gasteiger partial charge in [0.1, 0.15) is 5.82 Å². The second-order valence-corrected chi connectivity index (χ2v) is 5.29. The number of anilines is 3. The molecule has 0 radical (unpaired) electrons. The Balaban J connectivity index is 2.00. The number of alkyl halides is 3. The van der Waals surface area contributed by atoms with E-state index in [4.69, 9.17) is 0 Å². The molecule has 0 atom stereocenters. The molecule has 1 aromatic heterocycles. The number of nitrogens with zero attached hydrogens (tertiary/aromatic N) is 1. The van der Waals surface area contributed by atoms with Gasteiger partial charge in [0.05, 0.1) is 17.4 Å². The number of unbranched alkanes of at least 4 members (excludes halogenated alkanes) is 1. The fourth-order valence-corrected chi connectivity index (χ4v) is 2.02. The first-order valence-corrected chi connectivity index (χ1v) is 7.58. The average molecular weight is 337 g/mol. The summed E-state index contributed by atoms with van der Waals surface area (Å²) < 4.78 is 38.1. The molecule has 0 unspecified atom stereocenters. The van der Waals surface area contributed by atoms with Gasteiger partial charge in [0.15, 0.2) is 0 Å². The van der Waals surface area contributed by atoms with Crippen molar-refractivity contribution in [2.45, 2.75) is 32.4 Å². The number of nitrogens with one attached hydrogen (secondary N) is 2. The molecule has 0 bridgehead atoms. The van der Waals surface area contributed by atoms with Crippen LogP contribution < -0.4 is 10.6 Å². The predicted molar refractivity (Wildman–Crippen MR) is 87.1 cm³/mol. The second kappa shape index (κ2) is 7.81. The minimum Gasteiger partial charge on any atom is -0.340 e. The Labute approximate surface area is 138 Å². The Morgan fingerprint density at radius 2 is 1.96 bits per heavy atom. The molecule has 24 heavy (non-hydrogen) atoms. The third-order valence-electron chi connectivity index (χ3n) is 3.27. The number of aromatic nitrogens is 1. The number of carbonyl (C=O) groups is 1. The zero-order chi connectivity index (χ0) is 17.6. The van der Waals surface area contributed by atoms with Crippen LogP contribution >= 0.6 is 0 Å². The predicted octanol–water partition coefficient (Wildman–Crippen LogP) is 4.97. The van der Waals surface area contributed by atoms with Gasteiger partial charge in [-0.05, 0) is 36.8 Å². The van der Waals surface area contributed by atoms with E-state index in [9.17, 15) is 18.0 Å². The quantitative estimate of drug-likeness (QED) is 0.782. The number of hydrogen-bond donors (Lipinski definition) is 2. The maximum absolute atomic E-state index is 12.7. The van der Waals surface area contributed by atoms with Gasteiger partial charge in [-0.3, -0.25) is 4.79 Å². The van der Waals surface area contributed by atoms with Gasteiger partial charge in [0, 0.05) is 12.1 Å². The summed E-state index contributed by atoms with van der Waals surface area (Å²) in [5, 5.41) is 5.53. The van der Waals surface area contributed by atoms with Crippen molar-refractivity contribution in [3.63, 3.8) is 0 Å². The van der Waals surface area contributed by atoms with Gasteiger partial charge < -0.3 is 10.6 Å². The fourth-order valence-electron chi connectivity index (χ4n) is 2.02. The Morgan fingerprint density at radius 1 is 1.17 bits per heavy atom. The normalized spacial score (nSPS) is 11.2. The van der Waals surface area contributed by atoms with Crippen LogP contribution in [0.25, 0.3) is 0 Å². The minimum absolute atomic E-state index is 0.0859. The van der Waals surface area contributed by atoms with Crippen LogP contribution in [0.4, 0.5) is 30.4 Å². The number of halogens is 3. The van der Waals surface area contributed by atoms with E-state index in [0.29, 0.717) is 17.9 Å². The van der Waals surface area contributed by atoms with Crippen molar-refractivity contribution >= 4 is 23.1 Å². The van der Waals surface area contributed by atoms with Gasteiger partial charge in [-0.2, -0.15) is 13.2 Å². The van der Waals surface area contributed by atoms with Crippen LogP contribution in [0.15, 0.2) is 42.6 Å². The summed E-state index contributed by atoms with van der Waals surface area (Å²) in [4.78, 5) is 15.7. The van der Waals surface area contributed by atoms with Crippen LogP contribution in [0.2, 0.25) is 0 Å². The molecule has 0 aliphatic heterocycles. The number of carbonyl (C=O) groups excluding carboxylic acids is 1. The molecule has 4 nitrogen and oxygen atoms in total. The minimum atomic E-state index is -4.39. The standard InChI is InChI=1S/C17H18F3N3O/c1-2-3-7-16(24)23-14-8-9-15(21-11-14)22-13-6-4-5-12(10-13)17(18,19)20/h4-6,8-11H,2-3,7H2,1H3,(H,21,22)(H,23,24). The molecule has 0 aliphatic rings. The van der Waals surface area contributed by atoms with Gasteiger partial charge >= 0.3 is 6.18 Å². The van der Waals surface area contributed by atoms with Crippen LogP contribution in [0.3, 0.4) is 0 Å². The van der Waals surface area contributed by atoms with Crippen molar-refractivity contribution < 1.29 is 18.0 Å². The van der Waals surface area contributed by atoms with Crippen LogP contribution in [0.1, 0.15) is 31.7 Å². The topological polar surface area (TPSA) is 54.0 Å². The molecule has 2 aromatic rings. The Hall–Kier alpha value is -2.57. The van der Waals surface area contributed by atoms with Crippen molar-refractivity contribution in [2.24, 2.45) is 0 Å². The van der Waals surface area contributed by atoms with Gasteiger partial charge in [0.2, 0.25) is 5.91 Å². The molecular weight excluding hydrogens is 319 g/mol. The van der Waals surface area contributed by atoms with E-state index in [-0.39, 0.29) is 11.6 Å². The monoisotopic (exact) mass is 337 g/mol. The molecule has 2 N–H and O–H groups in total. The molecule has 1 heterocycles. The summed E-state index contributed by atoms with van der Waals surface area (Å²) in [5.74, 6) is 0.304. The van der Waals surface area contributed by atoms with E-state index in [1.165, 1.54) is 18.3 Å². The summed E-state index contributed by atoms with van der Waals surface area (Å²) >= 11 is 0. The summed E-state index contributed by atoms with van der Waals surface area (Å²) in [6.45, 7) is 2.00. The molecule has 0 aliphatic carbocycles. The molecule has 0 saturated carbocycles. The average Bonchev–Trinajstić information content (AvgIpc) is 2.54. The third kappa shape index (κ3) is 5.26. The molecule has 7 heteroatoms. The van der Waals surface area contributed by atoms with Crippen molar-refractivity contribution in [3.8, 4) is 0 Å². The highest BCUT2D eigenvalue weighted by atomic mass is 19.4. The maximum Gasteiger partial charge on any atom is 0.416 e. The smallest absolute Gasteiger partial charge is 0.340 e. The number of rotatable bonds is 6. The summed E-state index contributed by atoms with van der Waals surface area (Å²) in [7, 11) is 0. The number of pyridine rings is 1. The van der Waals surface area contributed by atoms with E-state index < -0.39 is 11.7 Å². The first kappa shape index (κ1) is 17.8. The molecule has 1 aromatic carbocycles. The van der Waals surface area contributed by atoms with Crippen molar-refractivity contribution in [1.29, 1.82) is 0 Å². The lowest BCUT2D eigenvalue weighted by atomic mass is 10.2. The lowest BCUT2D eigenvalue weighted by molar-refractivity contribution is -0.137. The van der Waals surface area contributed by atoms with Gasteiger partial charge in [-0.15, -0.1) is 0 Å². The van der Waals surface area contributed by atoms with Gasteiger partial charge in [0.25, 0.3) is 0 Å². The van der Waals surface area contributed by atoms with Gasteiger partial charge in [-0.1, -0.05) is 19.4 Å². The van der Waals surface area contributed by atoms with E-state index in [1.54, 1.807) is 12.1 Å². The van der Waals surface area contributed by atoms with E-state index in [0.717, 1.165) is 25.0 Å². The molecule has 0 spiro atoms. The largest absolute Gasteiger partial charge is 0.416 e. The molecule has 0 saturated heterocycles. The van der Waals surface area contributed by atoms with Crippen LogP contribution in [-0.4, -0.2) is 10.9 Å². The highest BCUT2D eigenvalue weighted by Gasteiger charge is 2.30. The zero-order valence-corrected chi connectivity index (χ0v) is 13.2. The Bertz CT molecular complexity index is 684. The molecule has 2 rings (SSSR count). The third-order valence-corrected chi connectivity index (χ3v) is 3.27. The van der Waals surface area contributed by atoms with Crippen LogP contribution in [-0.2, 0) is 11.0 Å². The highest BCUT2D eigenvalue weighted by Crippen LogP contribution is 2.31. The van der Waals surface area contributed by atoms with Crippen molar-refractivity contribution in [2.75, 3.05) is 10.6 Å². The maximum atomic E-state index is 12.7. The summed E-state index contributed by atoms with van der Waals surface area (Å²) in [6.07, 6.45) is -0.738. The lowest BCUT2D eigenvalue weighted by Crippen LogP contribution is -2.11. The van der Waals surface area contributed by atoms with Crippen LogP contribution in [0, 0.1) is 0 Å². The number of benzene rings is 1. The van der Waals surface area contributed by atoms with Crippen molar-refractivity contribution in [1.82, 2.24) is 4.98 Å². The zero-order valence-electron chi connectivity index (χ0n) is 13.2.